The number of anilines is 2. The van der Waals surface area contributed by atoms with Gasteiger partial charge in [-0.25, -0.2) is 4.39 Å². The number of hydrogen-bond donors (Lipinski definition) is 7. The second-order valence-corrected chi connectivity index (χ2v) is 11.3. The second kappa shape index (κ2) is 12.1. The first-order valence-electron chi connectivity index (χ1n) is 14.0. The zero-order valence-electron chi connectivity index (χ0n) is 23.3. The molecular formula is C31H37ClFN7O. The molecule has 2 aromatic carbocycles. The molecule has 3 unspecified atom stereocenters. The minimum atomic E-state index is -1.86. The summed E-state index contributed by atoms with van der Waals surface area (Å²) in [4.78, 5) is 4.55. The first-order chi connectivity index (χ1) is 19.8. The molecule has 0 spiro atoms. The molecular weight excluding hydrogens is 541 g/mol. The smallest absolute Gasteiger partial charge is 0.206 e. The van der Waals surface area contributed by atoms with Crippen molar-refractivity contribution < 1.29 is 9.50 Å². The number of hydrazine groups is 1. The molecule has 0 radical (unpaired) electrons. The van der Waals surface area contributed by atoms with Gasteiger partial charge in [-0.2, -0.15) is 0 Å². The predicted octanol–water partition coefficient (Wildman–Crippen LogP) is 5.89. The summed E-state index contributed by atoms with van der Waals surface area (Å²) in [5, 5.41) is 31.4. The maximum atomic E-state index is 13.8. The third-order valence-corrected chi connectivity index (χ3v) is 8.34. The fourth-order valence-electron chi connectivity index (χ4n) is 5.54. The van der Waals surface area contributed by atoms with E-state index in [-0.39, 0.29) is 11.7 Å². The Morgan fingerprint density at radius 3 is 2.63 bits per heavy atom. The fraction of sp³-hybridized carbons (Fsp3) is 0.355. The molecule has 3 aromatic rings. The number of rotatable bonds is 10. The minimum Gasteiger partial charge on any atom is -0.387 e. The normalized spacial score (nSPS) is 21.8. The number of hydrogen-bond acceptors (Lipinski definition) is 8. The predicted molar refractivity (Wildman–Crippen MR) is 164 cm³/mol. The number of allylic oxidation sites excluding steroid dienone is 1. The van der Waals surface area contributed by atoms with Crippen LogP contribution >= 0.6 is 11.6 Å². The molecule has 2 aliphatic carbocycles. The number of nitrogens with two attached hydrogens (primary N) is 1. The van der Waals surface area contributed by atoms with Gasteiger partial charge in [-0.1, -0.05) is 42.3 Å². The van der Waals surface area contributed by atoms with Gasteiger partial charge in [0.05, 0.1) is 21.9 Å². The van der Waals surface area contributed by atoms with E-state index in [9.17, 15) is 9.50 Å². The van der Waals surface area contributed by atoms with Crippen molar-refractivity contribution >= 4 is 40.1 Å². The molecule has 216 valence electrons. The Bertz CT molecular complexity index is 1490. The van der Waals surface area contributed by atoms with Crippen LogP contribution in [0, 0.1) is 17.1 Å². The van der Waals surface area contributed by atoms with Gasteiger partial charge in [-0.05, 0) is 69.2 Å². The van der Waals surface area contributed by atoms with Gasteiger partial charge in [0.2, 0.25) is 5.72 Å². The highest BCUT2D eigenvalue weighted by molar-refractivity contribution is 6.36. The summed E-state index contributed by atoms with van der Waals surface area (Å²) >= 11 is 6.78. The molecule has 10 heteroatoms. The number of halogens is 2. The van der Waals surface area contributed by atoms with E-state index in [1.807, 2.05) is 6.07 Å². The third-order valence-electron chi connectivity index (χ3n) is 8.05. The van der Waals surface area contributed by atoms with E-state index < -0.39 is 11.5 Å². The molecule has 0 amide bonds. The topological polar surface area (TPSA) is 131 Å². The van der Waals surface area contributed by atoms with Crippen molar-refractivity contribution in [3.63, 3.8) is 0 Å². The Balaban J connectivity index is 1.61. The molecule has 2 saturated carbocycles. The van der Waals surface area contributed by atoms with Gasteiger partial charge >= 0.3 is 0 Å². The number of nitrogens with one attached hydrogen (secondary N) is 5. The minimum absolute atomic E-state index is 0.106. The van der Waals surface area contributed by atoms with Crippen LogP contribution in [0.2, 0.25) is 5.02 Å². The van der Waals surface area contributed by atoms with Crippen LogP contribution in [0.5, 0.6) is 0 Å². The molecule has 5 rings (SSSR count). The SMILES string of the molecule is CC=C1CCCC(C)C1Nc1c(C=N)cnc2c(Cl)cc(NC(O)(/C(=C/NC3CC3)NN)c3ccc(F)cc3)cc12. The van der Waals surface area contributed by atoms with Crippen LogP contribution in [0.3, 0.4) is 0 Å². The Labute approximate surface area is 244 Å². The lowest BCUT2D eigenvalue weighted by atomic mass is 9.81. The first-order valence-corrected chi connectivity index (χ1v) is 14.4. The summed E-state index contributed by atoms with van der Waals surface area (Å²) in [6.45, 7) is 4.30. The molecule has 41 heavy (non-hydrogen) atoms. The molecule has 0 saturated heterocycles. The molecule has 2 fully saturated rings. The Morgan fingerprint density at radius 2 is 1.98 bits per heavy atom. The van der Waals surface area contributed by atoms with E-state index in [2.05, 4.69) is 46.3 Å². The van der Waals surface area contributed by atoms with E-state index >= 15 is 0 Å². The Morgan fingerprint density at radius 1 is 1.22 bits per heavy atom. The van der Waals surface area contributed by atoms with Gasteiger partial charge in [-0.15, -0.1) is 0 Å². The average molecular weight is 578 g/mol. The molecule has 3 atom stereocenters. The van der Waals surface area contributed by atoms with Crippen LogP contribution in [0.15, 0.2) is 66.1 Å². The summed E-state index contributed by atoms with van der Waals surface area (Å²) in [5.74, 6) is 5.88. The molecule has 0 bridgehead atoms. The molecule has 0 aliphatic heterocycles. The van der Waals surface area contributed by atoms with Crippen LogP contribution in [-0.4, -0.2) is 28.4 Å². The number of benzene rings is 2. The largest absolute Gasteiger partial charge is 0.387 e. The van der Waals surface area contributed by atoms with Crippen LogP contribution < -0.4 is 27.2 Å². The standard InChI is InChI=1S/C31H37ClFN7O/c1-3-19-6-4-5-18(2)28(19)38-29-20(15-34)16-37-30-25(29)13-24(14-26(30)32)39-31(41,21-7-9-22(33)10-8-21)27(40-35)17-36-23-11-12-23/h3,7-10,13-18,23,28,34,36,39-41H,4-6,11-12,35H2,1-2H3,(H,37,38)/b19-3?,27-17-,34-15?. The zero-order chi connectivity index (χ0) is 29.1. The highest BCUT2D eigenvalue weighted by Gasteiger charge is 2.35. The van der Waals surface area contributed by atoms with Crippen molar-refractivity contribution in [2.24, 2.45) is 11.8 Å². The van der Waals surface area contributed by atoms with Crippen molar-refractivity contribution in [1.29, 1.82) is 5.41 Å². The van der Waals surface area contributed by atoms with Crippen molar-refractivity contribution in [3.05, 3.63) is 88.1 Å². The highest BCUT2D eigenvalue weighted by Crippen LogP contribution is 2.39. The summed E-state index contributed by atoms with van der Waals surface area (Å²) in [5.41, 5.74) is 5.13. The molecule has 1 aromatic heterocycles. The monoisotopic (exact) mass is 577 g/mol. The highest BCUT2D eigenvalue weighted by atomic mass is 35.5. The van der Waals surface area contributed by atoms with Gasteiger partial charge in [0.1, 0.15) is 5.82 Å². The Kier molecular flexibility index (Phi) is 8.49. The number of nitrogens with zero attached hydrogens (tertiary/aromatic N) is 1. The van der Waals surface area contributed by atoms with Gasteiger partial charge in [-0.3, -0.25) is 10.8 Å². The zero-order valence-corrected chi connectivity index (χ0v) is 24.0. The fourth-order valence-corrected chi connectivity index (χ4v) is 5.81. The van der Waals surface area contributed by atoms with Crippen molar-refractivity contribution in [2.75, 3.05) is 10.6 Å². The van der Waals surface area contributed by atoms with Crippen molar-refractivity contribution in [2.45, 2.75) is 63.8 Å². The lowest BCUT2D eigenvalue weighted by molar-refractivity contribution is 0.0987. The van der Waals surface area contributed by atoms with Crippen LogP contribution in [0.1, 0.15) is 57.1 Å². The maximum absolute atomic E-state index is 13.8. The summed E-state index contributed by atoms with van der Waals surface area (Å²) in [6, 6.07) is 9.51. The maximum Gasteiger partial charge on any atom is 0.206 e. The number of fused-ring (bicyclic) bond motifs is 1. The number of aliphatic hydroxyl groups is 1. The quantitative estimate of drug-likeness (QED) is 0.0526. The number of pyridine rings is 1. The van der Waals surface area contributed by atoms with Gasteiger partial charge in [0, 0.05) is 52.9 Å². The van der Waals surface area contributed by atoms with E-state index in [0.29, 0.717) is 44.7 Å². The van der Waals surface area contributed by atoms with Gasteiger partial charge < -0.3 is 31.9 Å². The molecule has 8 N–H and O–H groups in total. The molecule has 1 heterocycles. The van der Waals surface area contributed by atoms with Crippen LogP contribution in [-0.2, 0) is 5.72 Å². The second-order valence-electron chi connectivity index (χ2n) is 10.9. The lowest BCUT2D eigenvalue weighted by Crippen LogP contribution is -2.45. The Hall–Kier alpha value is -3.66. The summed E-state index contributed by atoms with van der Waals surface area (Å²) < 4.78 is 13.8. The summed E-state index contributed by atoms with van der Waals surface area (Å²) in [7, 11) is 0. The summed E-state index contributed by atoms with van der Waals surface area (Å²) in [6.07, 6.45) is 12.1. The molecule has 2 aliphatic rings. The molecule has 8 nitrogen and oxygen atoms in total. The number of aromatic nitrogens is 1. The average Bonchev–Trinajstić information content (AvgIpc) is 3.79. The third kappa shape index (κ3) is 6.02. The van der Waals surface area contributed by atoms with Crippen molar-refractivity contribution in [1.82, 2.24) is 15.7 Å². The van der Waals surface area contributed by atoms with E-state index in [1.54, 1.807) is 18.5 Å². The van der Waals surface area contributed by atoms with E-state index in [1.165, 1.54) is 36.1 Å². The van der Waals surface area contributed by atoms with Crippen LogP contribution in [0.4, 0.5) is 15.8 Å². The first kappa shape index (κ1) is 28.9. The van der Waals surface area contributed by atoms with E-state index in [0.717, 1.165) is 37.8 Å². The van der Waals surface area contributed by atoms with Crippen LogP contribution in [0.25, 0.3) is 10.9 Å². The van der Waals surface area contributed by atoms with Crippen molar-refractivity contribution in [3.8, 4) is 0 Å². The lowest BCUT2D eigenvalue weighted by Gasteiger charge is -2.34. The van der Waals surface area contributed by atoms with Gasteiger partial charge in [0.15, 0.2) is 0 Å². The van der Waals surface area contributed by atoms with E-state index in [4.69, 9.17) is 22.9 Å². The van der Waals surface area contributed by atoms with Gasteiger partial charge in [0.25, 0.3) is 0 Å².